The van der Waals surface area contributed by atoms with E-state index in [1.165, 1.54) is 0 Å². The van der Waals surface area contributed by atoms with Gasteiger partial charge in [-0.25, -0.2) is 0 Å². The molecule has 0 radical (unpaired) electrons. The number of rotatable bonds is 6. The van der Waals surface area contributed by atoms with Crippen molar-refractivity contribution >= 4 is 0 Å². The lowest BCUT2D eigenvalue weighted by Gasteiger charge is -2.33. The predicted molar refractivity (Wildman–Crippen MR) is 63.2 cm³/mol. The van der Waals surface area contributed by atoms with Crippen molar-refractivity contribution in [3.63, 3.8) is 0 Å². The average Bonchev–Trinajstić information content (AvgIpc) is 2.64. The lowest BCUT2D eigenvalue weighted by molar-refractivity contribution is -0.110. The highest BCUT2D eigenvalue weighted by atomic mass is 16.5. The zero-order valence-corrected chi connectivity index (χ0v) is 10.6. The highest BCUT2D eigenvalue weighted by molar-refractivity contribution is 5.02. The third-order valence-corrected chi connectivity index (χ3v) is 3.05. The van der Waals surface area contributed by atoms with Crippen LogP contribution >= 0.6 is 0 Å². The number of hydrogen-bond donors (Lipinski definition) is 1. The summed E-state index contributed by atoms with van der Waals surface area (Å²) in [6, 6.07) is 1.92. The highest BCUT2D eigenvalue weighted by Gasteiger charge is 2.32. The van der Waals surface area contributed by atoms with Crippen LogP contribution in [0.15, 0.2) is 12.3 Å². The van der Waals surface area contributed by atoms with Crippen molar-refractivity contribution in [2.24, 2.45) is 7.05 Å². The van der Waals surface area contributed by atoms with E-state index in [1.807, 2.05) is 40.1 Å². The SMILES string of the molecule is CCOC(C)(CC)C(O)Cc1ccn(C)n1. The van der Waals surface area contributed by atoms with Crippen LogP contribution in [-0.2, 0) is 18.2 Å². The molecule has 1 heterocycles. The van der Waals surface area contributed by atoms with E-state index in [4.69, 9.17) is 4.74 Å². The van der Waals surface area contributed by atoms with Gasteiger partial charge in [-0.3, -0.25) is 4.68 Å². The van der Waals surface area contributed by atoms with Crippen LogP contribution in [0.4, 0.5) is 0 Å². The summed E-state index contributed by atoms with van der Waals surface area (Å²) < 4.78 is 7.38. The molecule has 2 atom stereocenters. The van der Waals surface area contributed by atoms with Crippen LogP contribution in [-0.4, -0.2) is 33.2 Å². The second kappa shape index (κ2) is 5.46. The summed E-state index contributed by atoms with van der Waals surface area (Å²) >= 11 is 0. The number of ether oxygens (including phenoxy) is 1. The largest absolute Gasteiger partial charge is 0.390 e. The lowest BCUT2D eigenvalue weighted by atomic mass is 9.92. The Labute approximate surface area is 97.2 Å². The molecule has 0 fully saturated rings. The fourth-order valence-electron chi connectivity index (χ4n) is 1.75. The first-order valence-corrected chi connectivity index (χ1v) is 5.82. The fourth-order valence-corrected chi connectivity index (χ4v) is 1.75. The van der Waals surface area contributed by atoms with Crippen LogP contribution in [0.25, 0.3) is 0 Å². The third kappa shape index (κ3) is 3.06. The van der Waals surface area contributed by atoms with Crippen molar-refractivity contribution in [1.82, 2.24) is 9.78 Å². The number of aromatic nitrogens is 2. The summed E-state index contributed by atoms with van der Waals surface area (Å²) in [6.07, 6.45) is 2.68. The molecule has 0 spiro atoms. The van der Waals surface area contributed by atoms with Crippen molar-refractivity contribution < 1.29 is 9.84 Å². The Morgan fingerprint density at radius 3 is 2.69 bits per heavy atom. The number of hydrogen-bond acceptors (Lipinski definition) is 3. The zero-order chi connectivity index (χ0) is 12.2. The lowest BCUT2D eigenvalue weighted by Crippen LogP contribution is -2.43. The molecule has 16 heavy (non-hydrogen) atoms. The van der Waals surface area contributed by atoms with E-state index in [0.717, 1.165) is 12.1 Å². The summed E-state index contributed by atoms with van der Waals surface area (Å²) in [6.45, 7) is 6.53. The van der Waals surface area contributed by atoms with Gasteiger partial charge in [0.2, 0.25) is 0 Å². The second-order valence-corrected chi connectivity index (χ2v) is 4.30. The smallest absolute Gasteiger partial charge is 0.0913 e. The van der Waals surface area contributed by atoms with E-state index >= 15 is 0 Å². The zero-order valence-electron chi connectivity index (χ0n) is 10.6. The van der Waals surface area contributed by atoms with Gasteiger partial charge in [0.15, 0.2) is 0 Å². The molecular formula is C12H22N2O2. The van der Waals surface area contributed by atoms with Crippen LogP contribution in [0.1, 0.15) is 32.9 Å². The summed E-state index contributed by atoms with van der Waals surface area (Å²) in [5.41, 5.74) is 0.418. The first-order chi connectivity index (χ1) is 7.51. The van der Waals surface area contributed by atoms with Gasteiger partial charge in [-0.1, -0.05) is 6.92 Å². The van der Waals surface area contributed by atoms with E-state index in [-0.39, 0.29) is 0 Å². The molecule has 0 amide bonds. The normalized spacial score (nSPS) is 17.1. The van der Waals surface area contributed by atoms with Gasteiger partial charge in [0.25, 0.3) is 0 Å². The second-order valence-electron chi connectivity index (χ2n) is 4.30. The topological polar surface area (TPSA) is 47.3 Å². The molecule has 1 aromatic rings. The Morgan fingerprint density at radius 1 is 1.56 bits per heavy atom. The summed E-state index contributed by atoms with van der Waals surface area (Å²) in [5, 5.41) is 14.4. The van der Waals surface area contributed by atoms with Gasteiger partial charge in [0.05, 0.1) is 17.4 Å². The molecule has 0 aromatic carbocycles. The predicted octanol–water partition coefficient (Wildman–Crippen LogP) is 1.53. The van der Waals surface area contributed by atoms with Crippen LogP contribution < -0.4 is 0 Å². The molecule has 2 unspecified atom stereocenters. The molecule has 4 heteroatoms. The molecule has 0 bridgehead atoms. The van der Waals surface area contributed by atoms with Gasteiger partial charge >= 0.3 is 0 Å². The molecule has 0 aliphatic carbocycles. The van der Waals surface area contributed by atoms with Gasteiger partial charge in [-0.05, 0) is 26.3 Å². The van der Waals surface area contributed by atoms with Crippen molar-refractivity contribution in [1.29, 1.82) is 0 Å². The van der Waals surface area contributed by atoms with Crippen molar-refractivity contribution in [3.8, 4) is 0 Å². The molecule has 0 saturated carbocycles. The van der Waals surface area contributed by atoms with Crippen molar-refractivity contribution in [3.05, 3.63) is 18.0 Å². The van der Waals surface area contributed by atoms with Gasteiger partial charge in [-0.15, -0.1) is 0 Å². The third-order valence-electron chi connectivity index (χ3n) is 3.05. The minimum atomic E-state index is -0.521. The van der Waals surface area contributed by atoms with Crippen molar-refractivity contribution in [2.45, 2.75) is 45.3 Å². The van der Waals surface area contributed by atoms with Crippen molar-refractivity contribution in [2.75, 3.05) is 6.61 Å². The maximum Gasteiger partial charge on any atom is 0.0913 e. The van der Waals surface area contributed by atoms with E-state index in [1.54, 1.807) is 4.68 Å². The maximum absolute atomic E-state index is 10.2. The standard InChI is InChI=1S/C12H22N2O2/c1-5-12(3,16-6-2)11(15)9-10-7-8-14(4)13-10/h7-8,11,15H,5-6,9H2,1-4H3. The molecule has 1 aromatic heterocycles. The van der Waals surface area contributed by atoms with Crippen LogP contribution in [0.5, 0.6) is 0 Å². The first kappa shape index (κ1) is 13.2. The fraction of sp³-hybridized carbons (Fsp3) is 0.750. The summed E-state index contributed by atoms with van der Waals surface area (Å²) in [7, 11) is 1.87. The molecule has 92 valence electrons. The minimum absolute atomic E-state index is 0.480. The van der Waals surface area contributed by atoms with Crippen LogP contribution in [0.3, 0.4) is 0 Å². The Balaban J connectivity index is 2.65. The highest BCUT2D eigenvalue weighted by Crippen LogP contribution is 2.22. The molecule has 1 rings (SSSR count). The number of aryl methyl sites for hydroxylation is 1. The minimum Gasteiger partial charge on any atom is -0.390 e. The molecule has 0 aliphatic heterocycles. The van der Waals surface area contributed by atoms with Crippen LogP contribution in [0.2, 0.25) is 0 Å². The number of aliphatic hydroxyl groups is 1. The van der Waals surface area contributed by atoms with E-state index in [0.29, 0.717) is 13.0 Å². The van der Waals surface area contributed by atoms with Crippen LogP contribution in [0, 0.1) is 0 Å². The van der Waals surface area contributed by atoms with Gasteiger partial charge in [-0.2, -0.15) is 5.10 Å². The molecule has 0 aliphatic rings. The Hall–Kier alpha value is -0.870. The van der Waals surface area contributed by atoms with Gasteiger partial charge in [0, 0.05) is 26.3 Å². The Kier molecular flexibility index (Phi) is 4.50. The molecule has 1 N–H and O–H groups in total. The number of aliphatic hydroxyl groups excluding tert-OH is 1. The average molecular weight is 226 g/mol. The quantitative estimate of drug-likeness (QED) is 0.800. The van der Waals surface area contributed by atoms with Gasteiger partial charge < -0.3 is 9.84 Å². The van der Waals surface area contributed by atoms with Gasteiger partial charge in [0.1, 0.15) is 0 Å². The van der Waals surface area contributed by atoms with E-state index in [2.05, 4.69) is 5.10 Å². The molecular weight excluding hydrogens is 204 g/mol. The monoisotopic (exact) mass is 226 g/mol. The Morgan fingerprint density at radius 2 is 2.25 bits per heavy atom. The molecule has 4 nitrogen and oxygen atoms in total. The molecule has 0 saturated heterocycles. The van der Waals surface area contributed by atoms with E-state index < -0.39 is 11.7 Å². The summed E-state index contributed by atoms with van der Waals surface area (Å²) in [5.74, 6) is 0. The number of nitrogens with zero attached hydrogens (tertiary/aromatic N) is 2. The Bertz CT molecular complexity index is 325. The summed E-state index contributed by atoms with van der Waals surface area (Å²) in [4.78, 5) is 0. The maximum atomic E-state index is 10.2. The van der Waals surface area contributed by atoms with E-state index in [9.17, 15) is 5.11 Å². The first-order valence-electron chi connectivity index (χ1n) is 5.82.